The highest BCUT2D eigenvalue weighted by molar-refractivity contribution is 6.03. The molecule has 1 aromatic heterocycles. The minimum Gasteiger partial charge on any atom is -0.458 e. The molecule has 0 bridgehead atoms. The van der Waals surface area contributed by atoms with Gasteiger partial charge in [-0.15, -0.1) is 0 Å². The Balaban J connectivity index is 1.56. The Morgan fingerprint density at radius 3 is 2.67 bits per heavy atom. The maximum atomic E-state index is 12.9. The van der Waals surface area contributed by atoms with Gasteiger partial charge in [-0.2, -0.15) is 18.4 Å². The first-order chi connectivity index (χ1) is 20.1. The lowest BCUT2D eigenvalue weighted by atomic mass is 9.79. The number of nitrogens with zero attached hydrogens (tertiary/aromatic N) is 4. The van der Waals surface area contributed by atoms with Gasteiger partial charge in [-0.3, -0.25) is 14.6 Å². The van der Waals surface area contributed by atoms with E-state index in [0.717, 1.165) is 0 Å². The van der Waals surface area contributed by atoms with Crippen molar-refractivity contribution >= 4 is 35.3 Å². The number of esters is 1. The van der Waals surface area contributed by atoms with E-state index in [1.165, 1.54) is 36.7 Å². The molecular formula is C29H31F3N6O5. The Bertz CT molecular complexity index is 1560. The van der Waals surface area contributed by atoms with Gasteiger partial charge in [0.05, 0.1) is 24.1 Å². The van der Waals surface area contributed by atoms with Crippen LogP contribution in [0.2, 0.25) is 0 Å². The number of nitriles is 1. The van der Waals surface area contributed by atoms with Crippen LogP contribution in [0.15, 0.2) is 45.2 Å². The number of ether oxygens (including phenoxy) is 2. The van der Waals surface area contributed by atoms with Gasteiger partial charge in [-0.1, -0.05) is 0 Å². The number of carbonyl (C=O) groups is 2. The number of alkyl halides is 3. The molecule has 2 aromatic rings. The fraction of sp³-hybridized carbons (Fsp3) is 0.448. The number of hydrogen-bond acceptors (Lipinski definition) is 8. The van der Waals surface area contributed by atoms with E-state index in [0.29, 0.717) is 23.3 Å². The highest BCUT2D eigenvalue weighted by atomic mass is 19.4. The average Bonchev–Trinajstić information content (AvgIpc) is 3.19. The van der Waals surface area contributed by atoms with Gasteiger partial charge in [0.15, 0.2) is 6.10 Å². The number of fused-ring (bicyclic) bond motifs is 1. The molecule has 1 aromatic carbocycles. The number of aromatic nitrogens is 1. The molecule has 2 aliphatic rings. The quantitative estimate of drug-likeness (QED) is 0.275. The molecule has 43 heavy (non-hydrogen) atoms. The third-order valence-corrected chi connectivity index (χ3v) is 6.84. The summed E-state index contributed by atoms with van der Waals surface area (Å²) in [5, 5.41) is 9.48. The zero-order valence-electron chi connectivity index (χ0n) is 23.8. The standard InChI is InChI=1S/C29H31F3N6O5/c1-27(2,3)43-26(41)21-6-8-28(9-10-33,16-42-21)14-36-20-7-11-35-24(39)22(20)23(34)37-18-4-5-19-17(12-18)13-38(25(19)40)15-29(30,31)32/h4-5,7,11-12,14,21H,6,8-9,13,15-16H2,1-3H3,(H2,34,37)(H,35,39)/t21-,28+/m0/s1. The van der Waals surface area contributed by atoms with Crippen LogP contribution in [0.4, 0.5) is 24.5 Å². The Hall–Kier alpha value is -4.51. The second kappa shape index (κ2) is 12.0. The second-order valence-corrected chi connectivity index (χ2v) is 11.5. The van der Waals surface area contributed by atoms with Gasteiger partial charge in [0.1, 0.15) is 23.5 Å². The summed E-state index contributed by atoms with van der Waals surface area (Å²) in [7, 11) is 0. The molecule has 0 spiro atoms. The first kappa shape index (κ1) is 31.4. The maximum absolute atomic E-state index is 12.9. The number of carbonyl (C=O) groups excluding carboxylic acids is 2. The third kappa shape index (κ3) is 7.66. The molecule has 1 fully saturated rings. The van der Waals surface area contributed by atoms with E-state index < -0.39 is 47.3 Å². The molecule has 1 amide bonds. The summed E-state index contributed by atoms with van der Waals surface area (Å²) in [6, 6.07) is 7.85. The molecule has 2 atom stereocenters. The molecule has 3 N–H and O–H groups in total. The predicted octanol–water partition coefficient (Wildman–Crippen LogP) is 4.05. The van der Waals surface area contributed by atoms with Crippen LogP contribution in [0.25, 0.3) is 0 Å². The van der Waals surface area contributed by atoms with Crippen LogP contribution >= 0.6 is 0 Å². The van der Waals surface area contributed by atoms with Crippen LogP contribution in [-0.4, -0.2) is 64.8 Å². The van der Waals surface area contributed by atoms with Gasteiger partial charge < -0.3 is 25.1 Å². The van der Waals surface area contributed by atoms with E-state index in [1.54, 1.807) is 20.8 Å². The SMILES string of the molecule is CC(C)(C)OC(=O)[C@@H]1CC[C@](C=Nc2cc[nH]c(=O)c2C(N)=Nc2ccc3c(c2)CN(CC(F)(F)F)C3=O)(CC#N)CO1. The molecule has 4 rings (SSSR count). The first-order valence-electron chi connectivity index (χ1n) is 13.4. The lowest BCUT2D eigenvalue weighted by Gasteiger charge is -2.36. The van der Waals surface area contributed by atoms with Crippen molar-refractivity contribution in [2.45, 2.75) is 64.5 Å². The summed E-state index contributed by atoms with van der Waals surface area (Å²) in [5.74, 6) is -1.44. The zero-order valence-corrected chi connectivity index (χ0v) is 23.8. The highest BCUT2D eigenvalue weighted by Crippen LogP contribution is 2.35. The normalized spacial score (nSPS) is 21.1. The number of amidine groups is 1. The van der Waals surface area contributed by atoms with E-state index in [-0.39, 0.29) is 47.9 Å². The summed E-state index contributed by atoms with van der Waals surface area (Å²) >= 11 is 0. The number of nitrogens with two attached hydrogens (primary N) is 1. The molecule has 0 radical (unpaired) electrons. The van der Waals surface area contributed by atoms with E-state index >= 15 is 0 Å². The van der Waals surface area contributed by atoms with Gasteiger partial charge in [-0.25, -0.2) is 9.79 Å². The number of benzene rings is 1. The number of pyridine rings is 1. The first-order valence-corrected chi connectivity index (χ1v) is 13.4. The Kier molecular flexibility index (Phi) is 8.77. The van der Waals surface area contributed by atoms with Gasteiger partial charge in [-0.05, 0) is 63.4 Å². The summed E-state index contributed by atoms with van der Waals surface area (Å²) in [6.07, 6.45) is -1.69. The summed E-state index contributed by atoms with van der Waals surface area (Å²) in [4.78, 5) is 49.5. The topological polar surface area (TPSA) is 163 Å². The fourth-order valence-electron chi connectivity index (χ4n) is 4.84. The van der Waals surface area contributed by atoms with Crippen LogP contribution in [-0.2, 0) is 20.8 Å². The van der Waals surface area contributed by atoms with Gasteiger partial charge in [0.25, 0.3) is 11.5 Å². The van der Waals surface area contributed by atoms with Crippen molar-refractivity contribution in [2.24, 2.45) is 21.1 Å². The van der Waals surface area contributed by atoms with Crippen LogP contribution in [0, 0.1) is 16.7 Å². The minimum atomic E-state index is -4.54. The highest BCUT2D eigenvalue weighted by Gasteiger charge is 2.39. The summed E-state index contributed by atoms with van der Waals surface area (Å²) in [6.45, 7) is 3.68. The number of aliphatic imine (C=N–C) groups is 2. The predicted molar refractivity (Wildman–Crippen MR) is 150 cm³/mol. The molecule has 0 aliphatic carbocycles. The zero-order chi connectivity index (χ0) is 31.6. The number of nitrogens with one attached hydrogen (secondary N) is 1. The van der Waals surface area contributed by atoms with Crippen molar-refractivity contribution < 1.29 is 32.2 Å². The lowest BCUT2D eigenvalue weighted by molar-refractivity contribution is -0.174. The van der Waals surface area contributed by atoms with Crippen molar-refractivity contribution in [3.8, 4) is 6.07 Å². The summed E-state index contributed by atoms with van der Waals surface area (Å²) < 4.78 is 49.7. The number of aromatic amines is 1. The molecule has 0 unspecified atom stereocenters. The van der Waals surface area contributed by atoms with Crippen molar-refractivity contribution in [1.29, 1.82) is 5.26 Å². The number of amides is 1. The third-order valence-electron chi connectivity index (χ3n) is 6.84. The van der Waals surface area contributed by atoms with E-state index in [1.807, 2.05) is 0 Å². The van der Waals surface area contributed by atoms with Crippen molar-refractivity contribution in [3.05, 3.63) is 57.5 Å². The Morgan fingerprint density at radius 2 is 2.05 bits per heavy atom. The molecule has 14 heteroatoms. The van der Waals surface area contributed by atoms with E-state index in [4.69, 9.17) is 15.2 Å². The molecule has 1 saturated heterocycles. The van der Waals surface area contributed by atoms with Gasteiger partial charge >= 0.3 is 12.1 Å². The number of hydrogen-bond donors (Lipinski definition) is 2. The fourth-order valence-corrected chi connectivity index (χ4v) is 4.84. The van der Waals surface area contributed by atoms with Crippen molar-refractivity contribution in [3.63, 3.8) is 0 Å². The average molecular weight is 601 g/mol. The molecular weight excluding hydrogens is 569 g/mol. The minimum absolute atomic E-state index is 0.0231. The van der Waals surface area contributed by atoms with Crippen LogP contribution in [0.1, 0.15) is 61.5 Å². The number of halogens is 3. The van der Waals surface area contributed by atoms with Crippen LogP contribution < -0.4 is 11.3 Å². The molecule has 11 nitrogen and oxygen atoms in total. The lowest BCUT2D eigenvalue weighted by Crippen LogP contribution is -2.42. The van der Waals surface area contributed by atoms with Crippen LogP contribution in [0.5, 0.6) is 0 Å². The van der Waals surface area contributed by atoms with Crippen molar-refractivity contribution in [2.75, 3.05) is 13.2 Å². The van der Waals surface area contributed by atoms with Crippen molar-refractivity contribution in [1.82, 2.24) is 9.88 Å². The van der Waals surface area contributed by atoms with E-state index in [2.05, 4.69) is 21.0 Å². The monoisotopic (exact) mass is 600 g/mol. The maximum Gasteiger partial charge on any atom is 0.406 e. The molecule has 3 heterocycles. The number of H-pyrrole nitrogens is 1. The Morgan fingerprint density at radius 1 is 1.30 bits per heavy atom. The molecule has 0 saturated carbocycles. The smallest absolute Gasteiger partial charge is 0.406 e. The summed E-state index contributed by atoms with van der Waals surface area (Å²) in [5.41, 5.74) is 4.91. The molecule has 228 valence electrons. The van der Waals surface area contributed by atoms with Gasteiger partial charge in [0.2, 0.25) is 0 Å². The Labute approximate surface area is 245 Å². The number of rotatable bonds is 7. The van der Waals surface area contributed by atoms with Gasteiger partial charge in [0, 0.05) is 36.4 Å². The second-order valence-electron chi connectivity index (χ2n) is 11.5. The van der Waals surface area contributed by atoms with Crippen LogP contribution in [0.3, 0.4) is 0 Å². The van der Waals surface area contributed by atoms with E-state index in [9.17, 15) is 32.8 Å². The largest absolute Gasteiger partial charge is 0.458 e. The molecule has 2 aliphatic heterocycles.